The van der Waals surface area contributed by atoms with Crippen LogP contribution in [0.3, 0.4) is 0 Å². The first-order valence-corrected chi connectivity index (χ1v) is 7.12. The van der Waals surface area contributed by atoms with Gasteiger partial charge in [0, 0.05) is 17.7 Å². The zero-order valence-electron chi connectivity index (χ0n) is 12.0. The average molecular weight is 278 g/mol. The third kappa shape index (κ3) is 2.58. The zero-order valence-corrected chi connectivity index (χ0v) is 12.0. The Bertz CT molecular complexity index is 732. The highest BCUT2D eigenvalue weighted by molar-refractivity contribution is 5.65. The highest BCUT2D eigenvalue weighted by atomic mass is 15.2. The molecule has 4 heteroatoms. The molecule has 0 saturated heterocycles. The van der Waals surface area contributed by atoms with Gasteiger partial charge in [0.25, 0.3) is 0 Å². The van der Waals surface area contributed by atoms with Crippen LogP contribution in [0, 0.1) is 0 Å². The van der Waals surface area contributed by atoms with Gasteiger partial charge in [0.15, 0.2) is 11.6 Å². The van der Waals surface area contributed by atoms with Crippen LogP contribution in [0.15, 0.2) is 48.5 Å². The number of hydrogen-bond acceptors (Lipinski definition) is 3. The van der Waals surface area contributed by atoms with Crippen molar-refractivity contribution in [2.24, 2.45) is 5.73 Å². The Labute approximate surface area is 124 Å². The van der Waals surface area contributed by atoms with Crippen LogP contribution in [0.5, 0.6) is 0 Å². The number of nitrogens with zero attached hydrogens (tertiary/aromatic N) is 2. The molecule has 3 N–H and O–H groups in total. The molecule has 0 bridgehead atoms. The van der Waals surface area contributed by atoms with Gasteiger partial charge in [-0.1, -0.05) is 55.5 Å². The van der Waals surface area contributed by atoms with E-state index in [0.29, 0.717) is 12.4 Å². The van der Waals surface area contributed by atoms with Gasteiger partial charge >= 0.3 is 0 Å². The average Bonchev–Trinajstić information content (AvgIpc) is 3.04. The number of H-pyrrole nitrogens is 1. The number of aryl methyl sites for hydroxylation is 1. The van der Waals surface area contributed by atoms with E-state index in [4.69, 9.17) is 5.73 Å². The molecule has 1 heterocycles. The fraction of sp³-hybridized carbons (Fsp3) is 0.176. The molecule has 1 aromatic heterocycles. The molecule has 0 saturated carbocycles. The van der Waals surface area contributed by atoms with Crippen LogP contribution < -0.4 is 5.73 Å². The molecule has 106 valence electrons. The number of aromatic amines is 1. The molecule has 0 aliphatic rings. The van der Waals surface area contributed by atoms with E-state index in [-0.39, 0.29) is 0 Å². The summed E-state index contributed by atoms with van der Waals surface area (Å²) in [5, 5.41) is 7.35. The fourth-order valence-corrected chi connectivity index (χ4v) is 2.53. The number of hydrogen-bond donors (Lipinski definition) is 2. The highest BCUT2D eigenvalue weighted by Crippen LogP contribution is 2.25. The Hall–Kier alpha value is -2.46. The maximum atomic E-state index is 5.92. The zero-order chi connectivity index (χ0) is 14.7. The van der Waals surface area contributed by atoms with Gasteiger partial charge in [0.1, 0.15) is 0 Å². The van der Waals surface area contributed by atoms with Crippen LogP contribution in [0.4, 0.5) is 0 Å². The lowest BCUT2D eigenvalue weighted by Crippen LogP contribution is -2.04. The smallest absolute Gasteiger partial charge is 0.181 e. The largest absolute Gasteiger partial charge is 0.326 e. The van der Waals surface area contributed by atoms with Gasteiger partial charge < -0.3 is 5.73 Å². The van der Waals surface area contributed by atoms with Crippen LogP contribution in [-0.4, -0.2) is 15.2 Å². The number of benzene rings is 2. The maximum absolute atomic E-state index is 5.92. The van der Waals surface area contributed by atoms with Crippen LogP contribution in [0.2, 0.25) is 0 Å². The lowest BCUT2D eigenvalue weighted by atomic mass is 9.99. The van der Waals surface area contributed by atoms with E-state index < -0.39 is 0 Å². The van der Waals surface area contributed by atoms with Crippen molar-refractivity contribution in [3.05, 3.63) is 59.7 Å². The SMILES string of the molecule is CCc1cccc(-c2nc(-c3ccccc3)n[nH]2)c1CN. The quantitative estimate of drug-likeness (QED) is 0.770. The number of rotatable bonds is 4. The van der Waals surface area contributed by atoms with E-state index in [0.717, 1.165) is 28.9 Å². The Morgan fingerprint density at radius 1 is 1.05 bits per heavy atom. The van der Waals surface area contributed by atoms with Crippen LogP contribution in [0.25, 0.3) is 22.8 Å². The van der Waals surface area contributed by atoms with Gasteiger partial charge in [-0.2, -0.15) is 5.10 Å². The first-order valence-electron chi connectivity index (χ1n) is 7.12. The second-order valence-electron chi connectivity index (χ2n) is 4.87. The molecule has 3 rings (SSSR count). The van der Waals surface area contributed by atoms with Gasteiger partial charge in [-0.05, 0) is 17.5 Å². The lowest BCUT2D eigenvalue weighted by molar-refractivity contribution is 0.998. The molecular weight excluding hydrogens is 260 g/mol. The summed E-state index contributed by atoms with van der Waals surface area (Å²) in [7, 11) is 0. The Morgan fingerprint density at radius 3 is 2.57 bits per heavy atom. The van der Waals surface area contributed by atoms with Gasteiger partial charge in [0.05, 0.1) is 0 Å². The molecule has 0 aliphatic carbocycles. The minimum absolute atomic E-state index is 0.501. The monoisotopic (exact) mass is 278 g/mol. The van der Waals surface area contributed by atoms with Crippen molar-refractivity contribution < 1.29 is 0 Å². The number of nitrogens with two attached hydrogens (primary N) is 1. The Morgan fingerprint density at radius 2 is 1.86 bits per heavy atom. The highest BCUT2D eigenvalue weighted by Gasteiger charge is 2.12. The fourth-order valence-electron chi connectivity index (χ4n) is 2.53. The second kappa shape index (κ2) is 5.89. The number of nitrogens with one attached hydrogen (secondary N) is 1. The van der Waals surface area contributed by atoms with E-state index in [1.807, 2.05) is 42.5 Å². The molecule has 2 aromatic carbocycles. The molecule has 0 aliphatic heterocycles. The molecule has 0 fully saturated rings. The third-order valence-electron chi connectivity index (χ3n) is 3.63. The van der Waals surface area contributed by atoms with E-state index >= 15 is 0 Å². The standard InChI is InChI=1S/C17H18N4/c1-2-12-9-6-10-14(15(12)11-18)17-19-16(20-21-17)13-7-4-3-5-8-13/h3-10H,2,11,18H2,1H3,(H,19,20,21). The third-order valence-corrected chi connectivity index (χ3v) is 3.63. The molecule has 0 radical (unpaired) electrons. The molecule has 0 amide bonds. The molecular formula is C17H18N4. The number of aromatic nitrogens is 3. The minimum Gasteiger partial charge on any atom is -0.326 e. The van der Waals surface area contributed by atoms with Crippen molar-refractivity contribution in [2.45, 2.75) is 19.9 Å². The van der Waals surface area contributed by atoms with Crippen LogP contribution >= 0.6 is 0 Å². The van der Waals surface area contributed by atoms with Gasteiger partial charge in [-0.3, -0.25) is 5.10 Å². The van der Waals surface area contributed by atoms with E-state index in [1.165, 1.54) is 5.56 Å². The van der Waals surface area contributed by atoms with Crippen molar-refractivity contribution in [1.82, 2.24) is 15.2 Å². The van der Waals surface area contributed by atoms with E-state index in [2.05, 4.69) is 28.2 Å². The van der Waals surface area contributed by atoms with Crippen molar-refractivity contribution in [1.29, 1.82) is 0 Å². The summed E-state index contributed by atoms with van der Waals surface area (Å²) in [6, 6.07) is 16.1. The predicted molar refractivity (Wildman–Crippen MR) is 84.5 cm³/mol. The molecule has 4 nitrogen and oxygen atoms in total. The normalized spacial score (nSPS) is 10.8. The van der Waals surface area contributed by atoms with Crippen LogP contribution in [-0.2, 0) is 13.0 Å². The summed E-state index contributed by atoms with van der Waals surface area (Å²) in [5.74, 6) is 1.47. The molecule has 0 spiro atoms. The first-order chi connectivity index (χ1) is 10.3. The summed E-state index contributed by atoms with van der Waals surface area (Å²) in [4.78, 5) is 4.61. The summed E-state index contributed by atoms with van der Waals surface area (Å²) in [6.45, 7) is 2.63. The lowest BCUT2D eigenvalue weighted by Gasteiger charge is -2.09. The summed E-state index contributed by atoms with van der Waals surface area (Å²) in [6.07, 6.45) is 0.958. The van der Waals surface area contributed by atoms with E-state index in [1.54, 1.807) is 0 Å². The van der Waals surface area contributed by atoms with E-state index in [9.17, 15) is 0 Å². The van der Waals surface area contributed by atoms with Crippen molar-refractivity contribution in [2.75, 3.05) is 0 Å². The van der Waals surface area contributed by atoms with Crippen molar-refractivity contribution in [3.8, 4) is 22.8 Å². The Balaban J connectivity index is 2.05. The molecule has 21 heavy (non-hydrogen) atoms. The molecule has 0 unspecified atom stereocenters. The minimum atomic E-state index is 0.501. The van der Waals surface area contributed by atoms with Crippen LogP contribution in [0.1, 0.15) is 18.1 Å². The first kappa shape index (κ1) is 13.5. The van der Waals surface area contributed by atoms with Crippen molar-refractivity contribution >= 4 is 0 Å². The predicted octanol–water partition coefficient (Wildman–Crippen LogP) is 3.16. The summed E-state index contributed by atoms with van der Waals surface area (Å²) >= 11 is 0. The van der Waals surface area contributed by atoms with Gasteiger partial charge in [-0.25, -0.2) is 4.98 Å². The van der Waals surface area contributed by atoms with Gasteiger partial charge in [-0.15, -0.1) is 0 Å². The Kier molecular flexibility index (Phi) is 3.79. The topological polar surface area (TPSA) is 67.6 Å². The summed E-state index contributed by atoms with van der Waals surface area (Å²) in [5.41, 5.74) is 10.3. The molecule has 3 aromatic rings. The van der Waals surface area contributed by atoms with Gasteiger partial charge in [0.2, 0.25) is 0 Å². The maximum Gasteiger partial charge on any atom is 0.181 e. The second-order valence-corrected chi connectivity index (χ2v) is 4.87. The summed E-state index contributed by atoms with van der Waals surface area (Å²) < 4.78 is 0. The molecule has 0 atom stereocenters. The van der Waals surface area contributed by atoms with Crippen molar-refractivity contribution in [3.63, 3.8) is 0 Å².